The Morgan fingerprint density at radius 1 is 1.38 bits per heavy atom. The number of nitrogens with zero attached hydrogens (tertiary/aromatic N) is 3. The summed E-state index contributed by atoms with van der Waals surface area (Å²) in [5.41, 5.74) is 0.393. The van der Waals surface area contributed by atoms with Crippen molar-refractivity contribution < 1.29 is 4.79 Å². The molecule has 0 atom stereocenters. The van der Waals surface area contributed by atoms with E-state index in [0.717, 1.165) is 0 Å². The van der Waals surface area contributed by atoms with Gasteiger partial charge in [0.25, 0.3) is 0 Å². The Labute approximate surface area is 102 Å². The van der Waals surface area contributed by atoms with Crippen LogP contribution in [-0.4, -0.2) is 20.5 Å². The second-order valence-electron chi connectivity index (χ2n) is 3.12. The Bertz CT molecular complexity index is 511. The molecule has 2 aromatic rings. The van der Waals surface area contributed by atoms with Gasteiger partial charge in [-0.05, 0) is 12.1 Å². The molecule has 0 aliphatic heterocycles. The fraction of sp³-hybridized carbons (Fsp3) is 0.100. The number of hydrogen-bond acceptors (Lipinski definition) is 3. The van der Waals surface area contributed by atoms with Crippen molar-refractivity contribution in [1.82, 2.24) is 14.8 Å². The van der Waals surface area contributed by atoms with E-state index in [0.29, 0.717) is 10.6 Å². The maximum absolute atomic E-state index is 11.9. The third-order valence-electron chi connectivity index (χ3n) is 2.02. The molecule has 0 aliphatic rings. The number of benzene rings is 1. The van der Waals surface area contributed by atoms with Gasteiger partial charge < -0.3 is 0 Å². The van der Waals surface area contributed by atoms with Crippen LogP contribution in [0.3, 0.4) is 0 Å². The van der Waals surface area contributed by atoms with Crippen LogP contribution in [0.1, 0.15) is 10.4 Å². The van der Waals surface area contributed by atoms with Gasteiger partial charge in [-0.25, -0.2) is 9.67 Å². The molecule has 0 spiro atoms. The lowest BCUT2D eigenvalue weighted by molar-refractivity contribution is 0.0967. The van der Waals surface area contributed by atoms with Crippen molar-refractivity contribution in [2.24, 2.45) is 0 Å². The minimum absolute atomic E-state index is 0.0973. The van der Waals surface area contributed by atoms with Crippen LogP contribution in [0.4, 0.5) is 0 Å². The van der Waals surface area contributed by atoms with Crippen LogP contribution >= 0.6 is 23.2 Å². The molecule has 0 aliphatic carbocycles. The highest BCUT2D eigenvalue weighted by atomic mass is 35.5. The van der Waals surface area contributed by atoms with E-state index >= 15 is 0 Å². The van der Waals surface area contributed by atoms with Crippen molar-refractivity contribution >= 4 is 29.0 Å². The summed E-state index contributed by atoms with van der Waals surface area (Å²) in [5.74, 6) is -0.155. The van der Waals surface area contributed by atoms with Gasteiger partial charge in [-0.2, -0.15) is 5.10 Å². The summed E-state index contributed by atoms with van der Waals surface area (Å²) >= 11 is 11.8. The molecule has 1 heterocycles. The van der Waals surface area contributed by atoms with Crippen molar-refractivity contribution in [1.29, 1.82) is 0 Å². The van der Waals surface area contributed by atoms with Crippen LogP contribution < -0.4 is 0 Å². The van der Waals surface area contributed by atoms with Gasteiger partial charge in [0.2, 0.25) is 0 Å². The molecular weight excluding hydrogens is 249 g/mol. The number of rotatable bonds is 3. The maximum Gasteiger partial charge on any atom is 0.185 e. The van der Waals surface area contributed by atoms with Crippen molar-refractivity contribution in [2.75, 3.05) is 0 Å². The highest BCUT2D eigenvalue weighted by Crippen LogP contribution is 2.25. The van der Waals surface area contributed by atoms with E-state index in [1.54, 1.807) is 18.2 Å². The molecule has 0 N–H and O–H groups in total. The molecule has 16 heavy (non-hydrogen) atoms. The predicted molar refractivity (Wildman–Crippen MR) is 60.8 cm³/mol. The van der Waals surface area contributed by atoms with Crippen LogP contribution in [0.15, 0.2) is 30.9 Å². The van der Waals surface area contributed by atoms with E-state index < -0.39 is 0 Å². The number of halogens is 2. The van der Waals surface area contributed by atoms with E-state index in [1.807, 2.05) is 0 Å². The van der Waals surface area contributed by atoms with Crippen molar-refractivity contribution in [3.05, 3.63) is 46.5 Å². The van der Waals surface area contributed by atoms with Gasteiger partial charge in [-0.1, -0.05) is 29.3 Å². The first-order chi connectivity index (χ1) is 7.68. The lowest BCUT2D eigenvalue weighted by atomic mass is 10.1. The van der Waals surface area contributed by atoms with Gasteiger partial charge in [-0.3, -0.25) is 4.79 Å². The van der Waals surface area contributed by atoms with Gasteiger partial charge in [0.1, 0.15) is 19.2 Å². The summed E-state index contributed by atoms with van der Waals surface area (Å²) in [6.07, 6.45) is 2.84. The number of hydrogen-bond donors (Lipinski definition) is 0. The summed E-state index contributed by atoms with van der Waals surface area (Å²) in [4.78, 5) is 15.6. The number of ketones is 1. The third-order valence-corrected chi connectivity index (χ3v) is 2.84. The van der Waals surface area contributed by atoms with E-state index in [1.165, 1.54) is 17.3 Å². The standard InChI is InChI=1S/C10H7Cl2N3O/c11-8-3-1-2-7(10(8)12)9(16)4-15-6-13-5-14-15/h1-3,5-6H,4H2. The molecule has 0 unspecified atom stereocenters. The quantitative estimate of drug-likeness (QED) is 0.792. The molecule has 1 aromatic carbocycles. The summed E-state index contributed by atoms with van der Waals surface area (Å²) in [5, 5.41) is 4.48. The Hall–Kier alpha value is -1.39. The normalized spacial score (nSPS) is 10.4. The zero-order valence-electron chi connectivity index (χ0n) is 8.10. The van der Waals surface area contributed by atoms with E-state index in [4.69, 9.17) is 23.2 Å². The van der Waals surface area contributed by atoms with Gasteiger partial charge in [0, 0.05) is 5.56 Å². The van der Waals surface area contributed by atoms with Gasteiger partial charge >= 0.3 is 0 Å². The lowest BCUT2D eigenvalue weighted by Crippen LogP contribution is -2.11. The molecule has 0 radical (unpaired) electrons. The van der Waals surface area contributed by atoms with Crippen LogP contribution in [0.2, 0.25) is 10.0 Å². The monoisotopic (exact) mass is 255 g/mol. The topological polar surface area (TPSA) is 47.8 Å². The summed E-state index contributed by atoms with van der Waals surface area (Å²) in [6.45, 7) is 0.0973. The Kier molecular flexibility index (Phi) is 3.22. The lowest BCUT2D eigenvalue weighted by Gasteiger charge is -2.04. The Balaban J connectivity index is 2.24. The smallest absolute Gasteiger partial charge is 0.185 e. The third kappa shape index (κ3) is 2.23. The van der Waals surface area contributed by atoms with Gasteiger partial charge in [-0.15, -0.1) is 0 Å². The van der Waals surface area contributed by atoms with Gasteiger partial charge in [0.05, 0.1) is 10.0 Å². The molecule has 0 saturated carbocycles. The molecule has 1 aromatic heterocycles. The average Bonchev–Trinajstić information content (AvgIpc) is 2.74. The van der Waals surface area contributed by atoms with E-state index in [9.17, 15) is 4.79 Å². The van der Waals surface area contributed by atoms with Crippen molar-refractivity contribution in [2.45, 2.75) is 6.54 Å². The number of aromatic nitrogens is 3. The number of carbonyl (C=O) groups is 1. The van der Waals surface area contributed by atoms with Crippen molar-refractivity contribution in [3.63, 3.8) is 0 Å². The molecule has 82 valence electrons. The summed E-state index contributed by atoms with van der Waals surface area (Å²) < 4.78 is 1.43. The SMILES string of the molecule is O=C(Cn1cncn1)c1cccc(Cl)c1Cl. The maximum atomic E-state index is 11.9. The van der Waals surface area contributed by atoms with Crippen LogP contribution in [0.5, 0.6) is 0 Å². The highest BCUT2D eigenvalue weighted by Gasteiger charge is 2.13. The zero-order valence-corrected chi connectivity index (χ0v) is 9.61. The molecule has 0 bridgehead atoms. The van der Waals surface area contributed by atoms with E-state index in [2.05, 4.69) is 10.1 Å². The highest BCUT2D eigenvalue weighted by molar-refractivity contribution is 6.43. The van der Waals surface area contributed by atoms with E-state index in [-0.39, 0.29) is 17.4 Å². The predicted octanol–water partition coefficient (Wildman–Crippen LogP) is 2.47. The zero-order chi connectivity index (χ0) is 11.5. The van der Waals surface area contributed by atoms with Gasteiger partial charge in [0.15, 0.2) is 5.78 Å². The second-order valence-corrected chi connectivity index (χ2v) is 3.90. The minimum Gasteiger partial charge on any atom is -0.292 e. The fourth-order valence-electron chi connectivity index (χ4n) is 1.27. The number of carbonyl (C=O) groups excluding carboxylic acids is 1. The largest absolute Gasteiger partial charge is 0.292 e. The summed E-state index contributed by atoms with van der Waals surface area (Å²) in [6, 6.07) is 4.95. The van der Waals surface area contributed by atoms with Crippen LogP contribution in [0.25, 0.3) is 0 Å². The molecular formula is C10H7Cl2N3O. The first-order valence-corrected chi connectivity index (χ1v) is 5.23. The first kappa shape index (κ1) is 11.1. The molecule has 6 heteroatoms. The van der Waals surface area contributed by atoms with Crippen LogP contribution in [0, 0.1) is 0 Å². The van der Waals surface area contributed by atoms with Crippen LogP contribution in [-0.2, 0) is 6.54 Å². The second kappa shape index (κ2) is 4.63. The number of Topliss-reactive ketones (excluding diaryl/α,β-unsaturated/α-hetero) is 1. The van der Waals surface area contributed by atoms with Crippen molar-refractivity contribution in [3.8, 4) is 0 Å². The average molecular weight is 256 g/mol. The molecule has 0 amide bonds. The minimum atomic E-state index is -0.155. The Morgan fingerprint density at radius 2 is 2.19 bits per heavy atom. The molecule has 0 saturated heterocycles. The molecule has 4 nitrogen and oxygen atoms in total. The first-order valence-electron chi connectivity index (χ1n) is 4.48. The summed E-state index contributed by atoms with van der Waals surface area (Å²) in [7, 11) is 0. The molecule has 0 fully saturated rings. The Morgan fingerprint density at radius 3 is 2.88 bits per heavy atom. The fourth-order valence-corrected chi connectivity index (χ4v) is 1.67. The molecule has 2 rings (SSSR count).